The van der Waals surface area contributed by atoms with E-state index in [-0.39, 0.29) is 5.91 Å². The van der Waals surface area contributed by atoms with Crippen LogP contribution in [0, 0.1) is 0 Å². The minimum Gasteiger partial charge on any atom is -0.352 e. The maximum Gasteiger partial charge on any atom is 0.221 e. The van der Waals surface area contributed by atoms with Crippen molar-refractivity contribution in [2.24, 2.45) is 0 Å². The minimum atomic E-state index is 0.154. The number of hydrogen-bond acceptors (Lipinski definition) is 3. The Bertz CT molecular complexity index is 394. The largest absolute Gasteiger partial charge is 0.352 e. The third-order valence-electron chi connectivity index (χ3n) is 3.49. The van der Waals surface area contributed by atoms with E-state index in [0.717, 1.165) is 32.6 Å². The van der Waals surface area contributed by atoms with Crippen molar-refractivity contribution in [3.8, 4) is 0 Å². The van der Waals surface area contributed by atoms with Gasteiger partial charge in [-0.3, -0.25) is 9.69 Å². The van der Waals surface area contributed by atoms with Gasteiger partial charge in [-0.05, 0) is 19.0 Å². The van der Waals surface area contributed by atoms with Crippen LogP contribution in [0.15, 0.2) is 30.3 Å². The van der Waals surface area contributed by atoms with Crippen molar-refractivity contribution in [2.75, 3.05) is 26.7 Å². The Hall–Kier alpha value is -1.39. The highest BCUT2D eigenvalue weighted by Gasteiger charge is 2.23. The van der Waals surface area contributed by atoms with E-state index in [4.69, 9.17) is 0 Å². The van der Waals surface area contributed by atoms with Gasteiger partial charge in [0.25, 0.3) is 0 Å². The Morgan fingerprint density at radius 3 is 2.89 bits per heavy atom. The fourth-order valence-corrected chi connectivity index (χ4v) is 2.47. The van der Waals surface area contributed by atoms with Crippen molar-refractivity contribution in [1.29, 1.82) is 0 Å². The van der Waals surface area contributed by atoms with Crippen LogP contribution >= 0.6 is 0 Å². The molecular weight excluding hydrogens is 238 g/mol. The van der Waals surface area contributed by atoms with Gasteiger partial charge in [-0.1, -0.05) is 30.3 Å². The smallest absolute Gasteiger partial charge is 0.221 e. The van der Waals surface area contributed by atoms with Gasteiger partial charge >= 0.3 is 0 Å². The molecule has 1 amide bonds. The molecule has 2 rings (SSSR count). The first-order valence-corrected chi connectivity index (χ1v) is 6.98. The Morgan fingerprint density at radius 2 is 2.16 bits per heavy atom. The first-order chi connectivity index (χ1) is 9.28. The molecule has 0 bridgehead atoms. The van der Waals surface area contributed by atoms with E-state index in [1.54, 1.807) is 0 Å². The van der Waals surface area contributed by atoms with Gasteiger partial charge in [0.2, 0.25) is 5.91 Å². The third kappa shape index (κ3) is 4.65. The van der Waals surface area contributed by atoms with Crippen molar-refractivity contribution in [1.82, 2.24) is 15.5 Å². The van der Waals surface area contributed by atoms with Crippen LogP contribution in [0.2, 0.25) is 0 Å². The van der Waals surface area contributed by atoms with Gasteiger partial charge in [-0.15, -0.1) is 0 Å². The molecule has 4 nitrogen and oxygen atoms in total. The van der Waals surface area contributed by atoms with Crippen molar-refractivity contribution in [2.45, 2.75) is 25.4 Å². The second kappa shape index (κ2) is 7.26. The standard InChI is InChI=1S/C15H23N3O/c1-16-9-7-15(19)17-14-8-10-18(12-14)11-13-5-3-2-4-6-13/h2-6,14,16H,7-12H2,1H3,(H,17,19). The molecule has 2 N–H and O–H groups in total. The van der Waals surface area contributed by atoms with E-state index in [1.165, 1.54) is 5.56 Å². The molecule has 19 heavy (non-hydrogen) atoms. The second-order valence-electron chi connectivity index (χ2n) is 5.13. The number of benzene rings is 1. The molecule has 1 atom stereocenters. The van der Waals surface area contributed by atoms with Gasteiger partial charge < -0.3 is 10.6 Å². The van der Waals surface area contributed by atoms with Crippen LogP contribution < -0.4 is 10.6 Å². The molecule has 1 aliphatic heterocycles. The monoisotopic (exact) mass is 261 g/mol. The molecule has 4 heteroatoms. The van der Waals surface area contributed by atoms with Crippen LogP contribution in [0.4, 0.5) is 0 Å². The van der Waals surface area contributed by atoms with Gasteiger partial charge in [0.1, 0.15) is 0 Å². The van der Waals surface area contributed by atoms with E-state index in [2.05, 4.69) is 39.8 Å². The van der Waals surface area contributed by atoms with Gasteiger partial charge in [-0.2, -0.15) is 0 Å². The summed E-state index contributed by atoms with van der Waals surface area (Å²) < 4.78 is 0. The zero-order valence-corrected chi connectivity index (χ0v) is 11.6. The van der Waals surface area contributed by atoms with Crippen LogP contribution in [0.3, 0.4) is 0 Å². The van der Waals surface area contributed by atoms with Crippen LogP contribution in [0.25, 0.3) is 0 Å². The summed E-state index contributed by atoms with van der Waals surface area (Å²) in [6.07, 6.45) is 1.61. The molecule has 1 aliphatic rings. The maximum absolute atomic E-state index is 11.7. The predicted octanol–water partition coefficient (Wildman–Crippen LogP) is 0.987. The molecule has 0 radical (unpaired) electrons. The van der Waals surface area contributed by atoms with Crippen molar-refractivity contribution < 1.29 is 4.79 Å². The van der Waals surface area contributed by atoms with Gasteiger partial charge in [0.15, 0.2) is 0 Å². The summed E-state index contributed by atoms with van der Waals surface area (Å²) in [4.78, 5) is 14.1. The Kier molecular flexibility index (Phi) is 5.36. The van der Waals surface area contributed by atoms with Crippen LogP contribution in [-0.2, 0) is 11.3 Å². The zero-order valence-electron chi connectivity index (χ0n) is 11.6. The van der Waals surface area contributed by atoms with Crippen molar-refractivity contribution in [3.05, 3.63) is 35.9 Å². The van der Waals surface area contributed by atoms with Gasteiger partial charge in [-0.25, -0.2) is 0 Å². The predicted molar refractivity (Wildman–Crippen MR) is 76.8 cm³/mol. The molecule has 1 fully saturated rings. The number of nitrogens with one attached hydrogen (secondary N) is 2. The molecule has 1 heterocycles. The van der Waals surface area contributed by atoms with E-state index < -0.39 is 0 Å². The minimum absolute atomic E-state index is 0.154. The summed E-state index contributed by atoms with van der Waals surface area (Å²) in [6, 6.07) is 10.8. The summed E-state index contributed by atoms with van der Waals surface area (Å²) in [5, 5.41) is 6.10. The molecule has 1 aromatic rings. The fraction of sp³-hybridized carbons (Fsp3) is 0.533. The van der Waals surface area contributed by atoms with E-state index in [0.29, 0.717) is 12.5 Å². The lowest BCUT2D eigenvalue weighted by atomic mass is 10.2. The summed E-state index contributed by atoms with van der Waals surface area (Å²) >= 11 is 0. The molecular formula is C15H23N3O. The molecule has 1 saturated heterocycles. The normalized spacial score (nSPS) is 19.5. The number of hydrogen-bond donors (Lipinski definition) is 2. The number of carbonyl (C=O) groups is 1. The first-order valence-electron chi connectivity index (χ1n) is 6.98. The average Bonchev–Trinajstić information content (AvgIpc) is 2.85. The fourth-order valence-electron chi connectivity index (χ4n) is 2.47. The molecule has 0 aliphatic carbocycles. The van der Waals surface area contributed by atoms with Gasteiger partial charge in [0.05, 0.1) is 0 Å². The highest BCUT2D eigenvalue weighted by molar-refractivity contribution is 5.76. The Morgan fingerprint density at radius 1 is 1.37 bits per heavy atom. The number of carbonyl (C=O) groups excluding carboxylic acids is 1. The molecule has 1 aromatic carbocycles. The zero-order chi connectivity index (χ0) is 13.5. The lowest BCUT2D eigenvalue weighted by molar-refractivity contribution is -0.121. The van der Waals surface area contributed by atoms with Crippen LogP contribution in [-0.4, -0.2) is 43.5 Å². The number of rotatable bonds is 6. The van der Waals surface area contributed by atoms with Crippen molar-refractivity contribution >= 4 is 5.91 Å². The van der Waals surface area contributed by atoms with E-state index in [9.17, 15) is 4.79 Å². The molecule has 0 spiro atoms. The second-order valence-corrected chi connectivity index (χ2v) is 5.13. The SMILES string of the molecule is CNCCC(=O)NC1CCN(Cc2ccccc2)C1. The Balaban J connectivity index is 1.72. The third-order valence-corrected chi connectivity index (χ3v) is 3.49. The van der Waals surface area contributed by atoms with Crippen LogP contribution in [0.5, 0.6) is 0 Å². The average molecular weight is 261 g/mol. The maximum atomic E-state index is 11.7. The molecule has 1 unspecified atom stereocenters. The van der Waals surface area contributed by atoms with E-state index >= 15 is 0 Å². The van der Waals surface area contributed by atoms with Crippen molar-refractivity contribution in [3.63, 3.8) is 0 Å². The summed E-state index contributed by atoms with van der Waals surface area (Å²) in [5.74, 6) is 0.154. The highest BCUT2D eigenvalue weighted by Crippen LogP contribution is 2.13. The first kappa shape index (κ1) is 14.0. The number of nitrogens with zero attached hydrogens (tertiary/aromatic N) is 1. The quantitative estimate of drug-likeness (QED) is 0.802. The molecule has 104 valence electrons. The van der Waals surface area contributed by atoms with Crippen LogP contribution in [0.1, 0.15) is 18.4 Å². The number of likely N-dealkylation sites (tertiary alicyclic amines) is 1. The number of amides is 1. The summed E-state index contributed by atoms with van der Waals surface area (Å²) in [5.41, 5.74) is 1.34. The highest BCUT2D eigenvalue weighted by atomic mass is 16.1. The lowest BCUT2D eigenvalue weighted by Gasteiger charge is -2.16. The Labute approximate surface area is 115 Å². The van der Waals surface area contributed by atoms with E-state index in [1.807, 2.05) is 13.1 Å². The lowest BCUT2D eigenvalue weighted by Crippen LogP contribution is -2.37. The molecule has 0 saturated carbocycles. The summed E-state index contributed by atoms with van der Waals surface area (Å²) in [6.45, 7) is 3.74. The molecule has 0 aromatic heterocycles. The topological polar surface area (TPSA) is 44.4 Å². The van der Waals surface area contributed by atoms with Gasteiger partial charge in [0, 0.05) is 38.6 Å². The summed E-state index contributed by atoms with van der Waals surface area (Å²) in [7, 11) is 1.87.